The molecule has 0 spiro atoms. The van der Waals surface area contributed by atoms with E-state index in [-0.39, 0.29) is 12.3 Å². The van der Waals surface area contributed by atoms with Gasteiger partial charge >= 0.3 is 18.3 Å². The topological polar surface area (TPSA) is 106 Å². The standard InChI is InChI=1S/C5H6O2.2CO2/c1-2-3-4-5(6)7;2*2-1-3/h2-4H,1H2,(H,6,7);;/b4-3-;;. The Balaban J connectivity index is -0.000000140. The highest BCUT2D eigenvalue weighted by molar-refractivity contribution is 5.79. The summed E-state index contributed by atoms with van der Waals surface area (Å²) >= 11 is 0. The van der Waals surface area contributed by atoms with E-state index < -0.39 is 5.97 Å². The number of allylic oxidation sites excluding steroid dienone is 2. The first-order valence-corrected chi connectivity index (χ1v) is 2.61. The maximum Gasteiger partial charge on any atom is 0.373 e. The lowest BCUT2D eigenvalue weighted by Crippen LogP contribution is -1.83. The van der Waals surface area contributed by atoms with Crippen molar-refractivity contribution in [3.8, 4) is 0 Å². The van der Waals surface area contributed by atoms with Crippen molar-refractivity contribution in [1.82, 2.24) is 0 Å². The largest absolute Gasteiger partial charge is 0.478 e. The van der Waals surface area contributed by atoms with Gasteiger partial charge in [-0.25, -0.2) is 4.79 Å². The molecule has 0 bridgehead atoms. The zero-order chi connectivity index (χ0) is 11.1. The fraction of sp³-hybridized carbons (Fsp3) is 0. The van der Waals surface area contributed by atoms with Crippen molar-refractivity contribution >= 4 is 18.3 Å². The van der Waals surface area contributed by atoms with Gasteiger partial charge in [0.1, 0.15) is 0 Å². The molecule has 0 aromatic carbocycles. The predicted molar refractivity (Wildman–Crippen MR) is 37.0 cm³/mol. The average molecular weight is 186 g/mol. The zero-order valence-electron chi connectivity index (χ0n) is 6.43. The van der Waals surface area contributed by atoms with Gasteiger partial charge in [-0.3, -0.25) is 0 Å². The second kappa shape index (κ2) is 22.6. The molecule has 0 aliphatic carbocycles. The maximum atomic E-state index is 9.62. The first kappa shape index (κ1) is 17.0. The van der Waals surface area contributed by atoms with Crippen LogP contribution in [0.4, 0.5) is 0 Å². The van der Waals surface area contributed by atoms with Crippen molar-refractivity contribution in [2.45, 2.75) is 0 Å². The summed E-state index contributed by atoms with van der Waals surface area (Å²) in [6, 6.07) is 0. The number of aliphatic carboxylic acids is 1. The van der Waals surface area contributed by atoms with E-state index in [2.05, 4.69) is 6.58 Å². The monoisotopic (exact) mass is 186 g/mol. The van der Waals surface area contributed by atoms with Gasteiger partial charge in [0, 0.05) is 6.08 Å². The molecule has 0 fully saturated rings. The third kappa shape index (κ3) is 197. The van der Waals surface area contributed by atoms with Gasteiger partial charge in [-0.2, -0.15) is 19.2 Å². The van der Waals surface area contributed by atoms with Gasteiger partial charge in [0.2, 0.25) is 0 Å². The Bertz CT molecular complexity index is 215. The minimum atomic E-state index is -0.945. The molecule has 0 aliphatic heterocycles. The van der Waals surface area contributed by atoms with Crippen LogP contribution in [0.15, 0.2) is 24.8 Å². The summed E-state index contributed by atoms with van der Waals surface area (Å²) in [7, 11) is 0. The number of rotatable bonds is 2. The van der Waals surface area contributed by atoms with Crippen molar-refractivity contribution in [2.24, 2.45) is 0 Å². The average Bonchev–Trinajstić information content (AvgIpc) is 2.04. The van der Waals surface area contributed by atoms with Crippen molar-refractivity contribution in [2.75, 3.05) is 0 Å². The lowest BCUT2D eigenvalue weighted by Gasteiger charge is -1.70. The van der Waals surface area contributed by atoms with E-state index in [9.17, 15) is 4.79 Å². The predicted octanol–water partition coefficient (Wildman–Crippen LogP) is -0.354. The maximum absolute atomic E-state index is 9.62. The van der Waals surface area contributed by atoms with Crippen LogP contribution in [-0.4, -0.2) is 23.4 Å². The third-order valence-electron chi connectivity index (χ3n) is 0.375. The summed E-state index contributed by atoms with van der Waals surface area (Å²) in [6.07, 6.45) is 4.30. The molecule has 6 nitrogen and oxygen atoms in total. The van der Waals surface area contributed by atoms with Gasteiger partial charge in [-0.1, -0.05) is 18.7 Å². The summed E-state index contributed by atoms with van der Waals surface area (Å²) in [5, 5.41) is 7.91. The first-order valence-electron chi connectivity index (χ1n) is 2.61. The lowest BCUT2D eigenvalue weighted by atomic mass is 10.5. The highest BCUT2D eigenvalue weighted by atomic mass is 16.4. The summed E-state index contributed by atoms with van der Waals surface area (Å²) < 4.78 is 0. The lowest BCUT2D eigenvalue weighted by molar-refractivity contribution is -0.193. The Morgan fingerprint density at radius 3 is 1.54 bits per heavy atom. The van der Waals surface area contributed by atoms with E-state index in [4.69, 9.17) is 24.3 Å². The molecule has 0 saturated heterocycles. The third-order valence-corrected chi connectivity index (χ3v) is 0.375. The molecule has 0 heterocycles. The first-order chi connectivity index (χ1) is 6.10. The van der Waals surface area contributed by atoms with Gasteiger partial charge in [-0.05, 0) is 0 Å². The molecule has 0 aromatic rings. The highest BCUT2D eigenvalue weighted by Crippen LogP contribution is 1.70. The Hall–Kier alpha value is -2.29. The van der Waals surface area contributed by atoms with Crippen LogP contribution in [0.2, 0.25) is 0 Å². The summed E-state index contributed by atoms with van der Waals surface area (Å²) in [5.74, 6) is -0.945. The second-order valence-corrected chi connectivity index (χ2v) is 1.10. The van der Waals surface area contributed by atoms with E-state index in [1.54, 1.807) is 0 Å². The van der Waals surface area contributed by atoms with Crippen LogP contribution in [0.3, 0.4) is 0 Å². The Kier molecular flexibility index (Phi) is 29.5. The molecule has 0 aliphatic rings. The van der Waals surface area contributed by atoms with E-state index in [0.29, 0.717) is 0 Å². The number of carboxylic acid groups (broad SMARTS) is 1. The minimum absolute atomic E-state index is 0.250. The van der Waals surface area contributed by atoms with Crippen LogP contribution in [0.25, 0.3) is 0 Å². The molecule has 0 unspecified atom stereocenters. The minimum Gasteiger partial charge on any atom is -0.478 e. The van der Waals surface area contributed by atoms with Crippen molar-refractivity contribution < 1.29 is 29.1 Å². The van der Waals surface area contributed by atoms with Crippen molar-refractivity contribution in [3.63, 3.8) is 0 Å². The molecule has 0 atom stereocenters. The molecule has 70 valence electrons. The van der Waals surface area contributed by atoms with E-state index in [0.717, 1.165) is 6.08 Å². The number of carbonyl (C=O) groups excluding carboxylic acids is 4. The van der Waals surface area contributed by atoms with Crippen LogP contribution >= 0.6 is 0 Å². The molecule has 1 N–H and O–H groups in total. The van der Waals surface area contributed by atoms with Crippen LogP contribution in [-0.2, 0) is 24.0 Å². The van der Waals surface area contributed by atoms with Crippen LogP contribution in [0.1, 0.15) is 0 Å². The van der Waals surface area contributed by atoms with Gasteiger partial charge in [0.25, 0.3) is 0 Å². The van der Waals surface area contributed by atoms with Gasteiger partial charge in [0.15, 0.2) is 0 Å². The Labute approximate surface area is 73.2 Å². The van der Waals surface area contributed by atoms with Crippen molar-refractivity contribution in [1.29, 1.82) is 0 Å². The van der Waals surface area contributed by atoms with Crippen LogP contribution in [0.5, 0.6) is 0 Å². The number of carbonyl (C=O) groups is 1. The van der Waals surface area contributed by atoms with E-state index in [1.807, 2.05) is 0 Å². The molecular weight excluding hydrogens is 180 g/mol. The molecule has 0 amide bonds. The SMILES string of the molecule is C=C/C=C\C(=O)O.O=C=O.O=C=O. The smallest absolute Gasteiger partial charge is 0.373 e. The highest BCUT2D eigenvalue weighted by Gasteiger charge is 1.77. The van der Waals surface area contributed by atoms with E-state index in [1.165, 1.54) is 12.2 Å². The summed E-state index contributed by atoms with van der Waals surface area (Å²) in [4.78, 5) is 42.1. The summed E-state index contributed by atoms with van der Waals surface area (Å²) in [5.41, 5.74) is 0. The fourth-order valence-electron chi connectivity index (χ4n) is 0.150. The Morgan fingerprint density at radius 1 is 1.15 bits per heavy atom. The van der Waals surface area contributed by atoms with Gasteiger partial charge < -0.3 is 5.11 Å². The second-order valence-electron chi connectivity index (χ2n) is 1.10. The van der Waals surface area contributed by atoms with Crippen LogP contribution < -0.4 is 0 Å². The van der Waals surface area contributed by atoms with E-state index >= 15 is 0 Å². The number of hydrogen-bond donors (Lipinski definition) is 1. The molecular formula is C7H6O6. The summed E-state index contributed by atoms with van der Waals surface area (Å²) in [6.45, 7) is 3.28. The fourth-order valence-corrected chi connectivity index (χ4v) is 0.150. The molecule has 0 rings (SSSR count). The molecule has 6 heteroatoms. The zero-order valence-corrected chi connectivity index (χ0v) is 6.43. The Morgan fingerprint density at radius 2 is 1.46 bits per heavy atom. The quantitative estimate of drug-likeness (QED) is 0.466. The molecule has 0 aromatic heterocycles. The number of hydrogen-bond acceptors (Lipinski definition) is 5. The molecule has 0 radical (unpaired) electrons. The molecule has 13 heavy (non-hydrogen) atoms. The van der Waals surface area contributed by atoms with Gasteiger partial charge in [-0.15, -0.1) is 0 Å². The van der Waals surface area contributed by atoms with Crippen LogP contribution in [0, 0.1) is 0 Å². The number of carboxylic acids is 1. The molecule has 0 saturated carbocycles. The normalized spacial score (nSPS) is 6.15. The van der Waals surface area contributed by atoms with Gasteiger partial charge in [0.05, 0.1) is 0 Å². The van der Waals surface area contributed by atoms with Crippen molar-refractivity contribution in [3.05, 3.63) is 24.8 Å².